The number of methoxy groups -OCH3 is 1. The third-order valence-corrected chi connectivity index (χ3v) is 5.19. The van der Waals surface area contributed by atoms with Gasteiger partial charge in [0.25, 0.3) is 0 Å². The maximum atomic E-state index is 12.4. The molecule has 0 unspecified atom stereocenters. The lowest BCUT2D eigenvalue weighted by molar-refractivity contribution is -0.120. The van der Waals surface area contributed by atoms with Crippen molar-refractivity contribution in [2.24, 2.45) is 23.7 Å². The Morgan fingerprint density at radius 1 is 1.35 bits per heavy atom. The zero-order valence-electron chi connectivity index (χ0n) is 13.4. The molecule has 1 fully saturated rings. The van der Waals surface area contributed by atoms with Crippen molar-refractivity contribution in [3.05, 3.63) is 60.7 Å². The van der Waals surface area contributed by atoms with Gasteiger partial charge in [-0.05, 0) is 54.4 Å². The van der Waals surface area contributed by atoms with Crippen LogP contribution in [0.15, 0.2) is 55.2 Å². The molecule has 2 aliphatic carbocycles. The summed E-state index contributed by atoms with van der Waals surface area (Å²) in [6.45, 7) is 8.06. The summed E-state index contributed by atoms with van der Waals surface area (Å²) in [6.07, 6.45) is 7.16. The van der Waals surface area contributed by atoms with Crippen LogP contribution in [0.4, 0.5) is 0 Å². The van der Waals surface area contributed by atoms with Crippen LogP contribution in [0, 0.1) is 23.7 Å². The van der Waals surface area contributed by atoms with Crippen molar-refractivity contribution in [3.8, 4) is 11.5 Å². The second-order valence-corrected chi connectivity index (χ2v) is 6.47. The highest BCUT2D eigenvalue weighted by atomic mass is 16.5. The zero-order valence-corrected chi connectivity index (χ0v) is 13.4. The predicted octanol–water partition coefficient (Wildman–Crippen LogP) is 3.69. The quantitative estimate of drug-likeness (QED) is 0.863. The van der Waals surface area contributed by atoms with Crippen LogP contribution in [0.25, 0.3) is 0 Å². The van der Waals surface area contributed by atoms with E-state index in [1.165, 1.54) is 7.11 Å². The van der Waals surface area contributed by atoms with Crippen molar-refractivity contribution >= 4 is 5.78 Å². The Hall–Kier alpha value is -2.29. The van der Waals surface area contributed by atoms with Gasteiger partial charge in [-0.15, -0.1) is 6.58 Å². The molecule has 3 rings (SSSR count). The summed E-state index contributed by atoms with van der Waals surface area (Å²) >= 11 is 0. The van der Waals surface area contributed by atoms with E-state index in [4.69, 9.17) is 4.74 Å². The summed E-state index contributed by atoms with van der Waals surface area (Å²) in [6, 6.07) is 5.45. The van der Waals surface area contributed by atoms with Crippen LogP contribution in [-0.2, 0) is 11.2 Å². The van der Waals surface area contributed by atoms with Crippen molar-refractivity contribution in [1.82, 2.24) is 0 Å². The largest absolute Gasteiger partial charge is 0.504 e. The van der Waals surface area contributed by atoms with Gasteiger partial charge in [0.05, 0.1) is 7.11 Å². The molecule has 3 nitrogen and oxygen atoms in total. The summed E-state index contributed by atoms with van der Waals surface area (Å²) in [7, 11) is 1.53. The monoisotopic (exact) mass is 310 g/mol. The standard InChI is InChI=1S/C20H22O3/c1-4-14-11-15(20-16(21)7-5-12(2)19(14)20)9-13-6-8-18(23-3)17(22)10-13/h4-8,10,14-15,19-20,22H,1-2,9,11H2,3H3/t14-,15-,19+,20+/m1/s1. The van der Waals surface area contributed by atoms with Crippen molar-refractivity contribution in [2.45, 2.75) is 12.8 Å². The van der Waals surface area contributed by atoms with Crippen molar-refractivity contribution in [3.63, 3.8) is 0 Å². The van der Waals surface area contributed by atoms with E-state index in [-0.39, 0.29) is 29.3 Å². The molecular weight excluding hydrogens is 288 g/mol. The van der Waals surface area contributed by atoms with Crippen molar-refractivity contribution in [1.29, 1.82) is 0 Å². The minimum atomic E-state index is -0.0280. The van der Waals surface area contributed by atoms with E-state index in [1.54, 1.807) is 18.2 Å². The molecule has 4 atom stereocenters. The molecule has 1 aromatic carbocycles. The van der Waals surface area contributed by atoms with Crippen LogP contribution in [-0.4, -0.2) is 18.0 Å². The zero-order chi connectivity index (χ0) is 16.6. The first-order valence-electron chi connectivity index (χ1n) is 7.94. The van der Waals surface area contributed by atoms with Gasteiger partial charge in [0.2, 0.25) is 0 Å². The van der Waals surface area contributed by atoms with E-state index in [1.807, 2.05) is 18.2 Å². The van der Waals surface area contributed by atoms with Gasteiger partial charge in [-0.1, -0.05) is 30.4 Å². The predicted molar refractivity (Wildman–Crippen MR) is 90.4 cm³/mol. The Balaban J connectivity index is 1.86. The Morgan fingerprint density at radius 3 is 2.78 bits per heavy atom. The Kier molecular flexibility index (Phi) is 4.12. The molecule has 120 valence electrons. The highest BCUT2D eigenvalue weighted by molar-refractivity contribution is 5.94. The molecule has 0 amide bonds. The number of fused-ring (bicyclic) bond motifs is 1. The highest BCUT2D eigenvalue weighted by Gasteiger charge is 2.46. The fraction of sp³-hybridized carbons (Fsp3) is 0.350. The van der Waals surface area contributed by atoms with Crippen LogP contribution in [0.2, 0.25) is 0 Å². The number of ketones is 1. The number of phenolic OH excluding ortho intramolecular Hbond substituents is 1. The Morgan fingerprint density at radius 2 is 2.13 bits per heavy atom. The van der Waals surface area contributed by atoms with Gasteiger partial charge in [0.15, 0.2) is 17.3 Å². The number of aromatic hydroxyl groups is 1. The molecule has 0 aliphatic heterocycles. The maximum absolute atomic E-state index is 12.4. The molecule has 0 aromatic heterocycles. The number of hydrogen-bond acceptors (Lipinski definition) is 3. The van der Waals surface area contributed by atoms with Gasteiger partial charge in [-0.2, -0.15) is 0 Å². The fourth-order valence-corrected chi connectivity index (χ4v) is 4.15. The number of allylic oxidation sites excluding steroid dienone is 4. The third kappa shape index (κ3) is 2.72. The SMILES string of the molecule is C=C[C@@H]1C[C@@H](Cc2ccc(OC)c(O)c2)[C@H]2C(=O)C=CC(=C)[C@H]21. The first-order valence-corrected chi connectivity index (χ1v) is 7.94. The van der Waals surface area contributed by atoms with E-state index in [2.05, 4.69) is 13.2 Å². The highest BCUT2D eigenvalue weighted by Crippen LogP contribution is 2.49. The summed E-state index contributed by atoms with van der Waals surface area (Å²) in [5, 5.41) is 9.96. The number of benzene rings is 1. The van der Waals surface area contributed by atoms with Gasteiger partial charge in [-0.3, -0.25) is 4.79 Å². The first kappa shape index (κ1) is 15.6. The number of carbonyl (C=O) groups is 1. The summed E-state index contributed by atoms with van der Waals surface area (Å²) in [5.74, 6) is 1.46. The van der Waals surface area contributed by atoms with Gasteiger partial charge in [-0.25, -0.2) is 0 Å². The second-order valence-electron chi connectivity index (χ2n) is 6.47. The lowest BCUT2D eigenvalue weighted by atomic mass is 9.75. The molecule has 0 heterocycles. The molecule has 23 heavy (non-hydrogen) atoms. The van der Waals surface area contributed by atoms with E-state index in [9.17, 15) is 9.90 Å². The molecule has 1 N–H and O–H groups in total. The van der Waals surface area contributed by atoms with Crippen LogP contribution >= 0.6 is 0 Å². The molecular formula is C20H22O3. The lowest BCUT2D eigenvalue weighted by Gasteiger charge is -2.28. The molecule has 0 bridgehead atoms. The summed E-state index contributed by atoms with van der Waals surface area (Å²) in [5.41, 5.74) is 2.05. The molecule has 3 heteroatoms. The lowest BCUT2D eigenvalue weighted by Crippen LogP contribution is -2.29. The fourth-order valence-electron chi connectivity index (χ4n) is 4.15. The van der Waals surface area contributed by atoms with Crippen molar-refractivity contribution in [2.75, 3.05) is 7.11 Å². The van der Waals surface area contributed by atoms with E-state index >= 15 is 0 Å². The molecule has 0 radical (unpaired) electrons. The molecule has 0 spiro atoms. The van der Waals surface area contributed by atoms with Gasteiger partial charge in [0, 0.05) is 5.92 Å². The Labute approximate surface area is 137 Å². The van der Waals surface area contributed by atoms with Gasteiger partial charge < -0.3 is 9.84 Å². The van der Waals surface area contributed by atoms with Crippen LogP contribution in [0.5, 0.6) is 11.5 Å². The van der Waals surface area contributed by atoms with E-state index < -0.39 is 0 Å². The van der Waals surface area contributed by atoms with E-state index in [0.29, 0.717) is 11.7 Å². The molecule has 2 aliphatic rings. The second kappa shape index (κ2) is 6.07. The Bertz CT molecular complexity index is 686. The number of ether oxygens (including phenoxy) is 1. The van der Waals surface area contributed by atoms with Crippen LogP contribution in [0.3, 0.4) is 0 Å². The average Bonchev–Trinajstić information content (AvgIpc) is 2.91. The smallest absolute Gasteiger partial charge is 0.160 e. The third-order valence-electron chi connectivity index (χ3n) is 5.19. The summed E-state index contributed by atoms with van der Waals surface area (Å²) in [4.78, 5) is 12.4. The molecule has 1 aromatic rings. The first-order chi connectivity index (χ1) is 11.0. The average molecular weight is 310 g/mol. The molecule has 1 saturated carbocycles. The van der Waals surface area contributed by atoms with Crippen molar-refractivity contribution < 1.29 is 14.6 Å². The van der Waals surface area contributed by atoms with E-state index in [0.717, 1.165) is 24.0 Å². The number of carbonyl (C=O) groups excluding carboxylic acids is 1. The minimum absolute atomic E-state index is 0.0280. The van der Waals surface area contributed by atoms with Gasteiger partial charge >= 0.3 is 0 Å². The maximum Gasteiger partial charge on any atom is 0.160 e. The van der Waals surface area contributed by atoms with Crippen LogP contribution < -0.4 is 4.74 Å². The van der Waals surface area contributed by atoms with Gasteiger partial charge in [0.1, 0.15) is 0 Å². The molecule has 0 saturated heterocycles. The minimum Gasteiger partial charge on any atom is -0.504 e. The number of rotatable bonds is 4. The summed E-state index contributed by atoms with van der Waals surface area (Å²) < 4.78 is 5.08. The van der Waals surface area contributed by atoms with Crippen LogP contribution in [0.1, 0.15) is 12.0 Å². The topological polar surface area (TPSA) is 46.5 Å². The number of phenols is 1. The normalized spacial score (nSPS) is 29.4. The number of hydrogen-bond donors (Lipinski definition) is 1.